The number of imidazole rings is 1. The van der Waals surface area contributed by atoms with E-state index in [-0.39, 0.29) is 49.1 Å². The minimum Gasteiger partial charge on any atom is -0.461 e. The highest BCUT2D eigenvalue weighted by Crippen LogP contribution is 2.47. The van der Waals surface area contributed by atoms with E-state index in [1.807, 2.05) is 18.5 Å². The number of rotatable bonds is 11. The number of carbonyl (C=O) groups is 2. The highest BCUT2D eigenvalue weighted by molar-refractivity contribution is 7.92. The lowest BCUT2D eigenvalue weighted by molar-refractivity contribution is -0.147. The van der Waals surface area contributed by atoms with Gasteiger partial charge in [-0.2, -0.15) is 13.2 Å². The van der Waals surface area contributed by atoms with Crippen molar-refractivity contribution in [2.45, 2.75) is 68.2 Å². The second-order valence-electron chi connectivity index (χ2n) is 15.5. The van der Waals surface area contributed by atoms with Gasteiger partial charge in [0.2, 0.25) is 5.91 Å². The molecular formula is C43H43F6N5O5S. The maximum absolute atomic E-state index is 15.1. The molecule has 1 saturated carbocycles. The van der Waals surface area contributed by atoms with Gasteiger partial charge in [0.15, 0.2) is 0 Å². The van der Waals surface area contributed by atoms with Crippen LogP contribution in [0, 0.1) is 24.6 Å². The molecule has 1 saturated heterocycles. The third kappa shape index (κ3) is 9.01. The van der Waals surface area contributed by atoms with Gasteiger partial charge in [-0.3, -0.25) is 18.8 Å². The van der Waals surface area contributed by atoms with E-state index in [1.54, 1.807) is 65.6 Å². The summed E-state index contributed by atoms with van der Waals surface area (Å²) in [6.45, 7) is 1.20. The summed E-state index contributed by atoms with van der Waals surface area (Å²) in [5, 5.41) is 2.41. The zero-order chi connectivity index (χ0) is 43.1. The predicted octanol–water partition coefficient (Wildman–Crippen LogP) is 8.46. The van der Waals surface area contributed by atoms with Gasteiger partial charge in [-0.25, -0.2) is 26.6 Å². The number of benzene rings is 4. The number of nitrogens with zero attached hydrogens (tertiary/aromatic N) is 4. The number of carbonyl (C=O) groups excluding carboxylic acids is 2. The molecular weight excluding hydrogens is 813 g/mol. The number of aryl methyl sites for hydroxylation is 2. The van der Waals surface area contributed by atoms with Crippen LogP contribution in [0.15, 0.2) is 95.9 Å². The Balaban J connectivity index is 1.22. The Morgan fingerprint density at radius 2 is 1.70 bits per heavy atom. The highest BCUT2D eigenvalue weighted by atomic mass is 32.2. The average molecular weight is 856 g/mol. The summed E-state index contributed by atoms with van der Waals surface area (Å²) in [6, 6.07) is 21.1. The van der Waals surface area contributed by atoms with Gasteiger partial charge in [-0.1, -0.05) is 42.5 Å². The molecule has 0 bridgehead atoms. The van der Waals surface area contributed by atoms with Gasteiger partial charge >= 0.3 is 12.1 Å². The number of aromatic nitrogens is 2. The molecule has 318 valence electrons. The number of hydrogen-bond acceptors (Lipinski definition) is 7. The SMILES string of the molecule is Cc1nc2cc(S(=O)(=O)N(C)c3ccc([C@H]4C[C@@H](N5CCC(F)(F)C5)C[C@@H](C(=O)Nc5ccc(C(F)(F)F)cc5F)[C@@H]4CC(=O)OCc4ccccc4)cc3)ccc2n1C. The molecule has 2 aliphatic rings. The summed E-state index contributed by atoms with van der Waals surface area (Å²) in [5.74, 6) is -7.72. The molecule has 4 aromatic carbocycles. The summed E-state index contributed by atoms with van der Waals surface area (Å²) in [6.07, 6.45) is -5.35. The summed E-state index contributed by atoms with van der Waals surface area (Å²) in [7, 11) is -0.852. The molecule has 0 spiro atoms. The fourth-order valence-corrected chi connectivity index (χ4v) is 9.57. The van der Waals surface area contributed by atoms with Crippen LogP contribution in [0.1, 0.15) is 54.1 Å². The first-order valence-corrected chi connectivity index (χ1v) is 20.8. The number of hydrogen-bond donors (Lipinski definition) is 1. The molecule has 60 heavy (non-hydrogen) atoms. The second-order valence-corrected chi connectivity index (χ2v) is 17.5. The lowest BCUT2D eigenvalue weighted by atomic mass is 9.65. The van der Waals surface area contributed by atoms with E-state index >= 15 is 4.39 Å². The molecule has 4 atom stereocenters. The van der Waals surface area contributed by atoms with Crippen molar-refractivity contribution in [3.05, 3.63) is 119 Å². The minimum atomic E-state index is -4.84. The number of sulfonamides is 1. The van der Waals surface area contributed by atoms with Crippen molar-refractivity contribution in [1.82, 2.24) is 14.5 Å². The Morgan fingerprint density at radius 1 is 0.983 bits per heavy atom. The van der Waals surface area contributed by atoms with Crippen LogP contribution in [-0.4, -0.2) is 66.8 Å². The van der Waals surface area contributed by atoms with E-state index in [0.29, 0.717) is 28.5 Å². The summed E-state index contributed by atoms with van der Waals surface area (Å²) in [4.78, 5) is 33.9. The maximum Gasteiger partial charge on any atom is 0.416 e. The van der Waals surface area contributed by atoms with Crippen LogP contribution in [0.3, 0.4) is 0 Å². The van der Waals surface area contributed by atoms with Gasteiger partial charge in [-0.15, -0.1) is 0 Å². The predicted molar refractivity (Wildman–Crippen MR) is 212 cm³/mol. The lowest BCUT2D eigenvalue weighted by Crippen LogP contribution is -2.47. The zero-order valence-electron chi connectivity index (χ0n) is 32.9. The number of ether oxygens (including phenoxy) is 1. The Bertz CT molecular complexity index is 2500. The van der Waals surface area contributed by atoms with Crippen molar-refractivity contribution in [3.63, 3.8) is 0 Å². The van der Waals surface area contributed by atoms with Crippen molar-refractivity contribution in [3.8, 4) is 0 Å². The zero-order valence-corrected chi connectivity index (χ0v) is 33.7. The molecule has 0 unspecified atom stereocenters. The minimum absolute atomic E-state index is 0.0174. The monoisotopic (exact) mass is 855 g/mol. The average Bonchev–Trinajstić information content (AvgIpc) is 3.73. The maximum atomic E-state index is 15.1. The first-order chi connectivity index (χ1) is 28.3. The smallest absolute Gasteiger partial charge is 0.416 e. The Hall–Kier alpha value is -5.42. The van der Waals surface area contributed by atoms with Crippen molar-refractivity contribution >= 4 is 44.3 Å². The normalized spacial score (nSPS) is 20.9. The highest BCUT2D eigenvalue weighted by Gasteiger charge is 2.48. The van der Waals surface area contributed by atoms with E-state index in [9.17, 15) is 40.0 Å². The number of fused-ring (bicyclic) bond motifs is 1. The first-order valence-electron chi connectivity index (χ1n) is 19.3. The van der Waals surface area contributed by atoms with Crippen LogP contribution in [0.5, 0.6) is 0 Å². The van der Waals surface area contributed by atoms with Gasteiger partial charge in [-0.05, 0) is 91.3 Å². The van der Waals surface area contributed by atoms with E-state index in [0.717, 1.165) is 15.9 Å². The van der Waals surface area contributed by atoms with Crippen LogP contribution < -0.4 is 9.62 Å². The fourth-order valence-electron chi connectivity index (χ4n) is 8.35. The van der Waals surface area contributed by atoms with E-state index < -0.39 is 87.8 Å². The first kappa shape index (κ1) is 42.7. The van der Waals surface area contributed by atoms with Gasteiger partial charge in [0, 0.05) is 45.4 Å². The van der Waals surface area contributed by atoms with Crippen molar-refractivity contribution < 1.29 is 49.1 Å². The Labute approximate surface area is 343 Å². The Morgan fingerprint density at radius 3 is 2.35 bits per heavy atom. The molecule has 5 aromatic rings. The largest absolute Gasteiger partial charge is 0.461 e. The molecule has 1 aliphatic carbocycles. The summed E-state index contributed by atoms with van der Waals surface area (Å²) in [5.41, 5.74) is 1.07. The third-order valence-corrected chi connectivity index (χ3v) is 13.5. The quantitative estimate of drug-likeness (QED) is 0.105. The van der Waals surface area contributed by atoms with Crippen LogP contribution >= 0.6 is 0 Å². The van der Waals surface area contributed by atoms with Crippen molar-refractivity contribution in [2.75, 3.05) is 29.8 Å². The van der Waals surface area contributed by atoms with Crippen molar-refractivity contribution in [1.29, 1.82) is 0 Å². The summed E-state index contributed by atoms with van der Waals surface area (Å²) >= 11 is 0. The molecule has 1 aromatic heterocycles. The number of anilines is 2. The molecule has 2 heterocycles. The molecule has 7 rings (SSSR count). The van der Waals surface area contributed by atoms with Gasteiger partial charge < -0.3 is 14.6 Å². The number of alkyl halides is 5. The third-order valence-electron chi connectivity index (χ3n) is 11.8. The summed E-state index contributed by atoms with van der Waals surface area (Å²) < 4.78 is 121. The standard InChI is InChI=1S/C43H43F6N5O5S/c1-26-50-38-22-32(14-16-39(38)52(26)2)60(57,58)53(3)30-12-9-28(10-13-30)33-20-31(54-18-17-42(45,46)25-54)21-35(34(33)23-40(55)59-24-27-7-5-4-6-8-27)41(56)51-37-15-11-29(19-36(37)44)43(47,48)49/h4-16,19,22,31,33-35H,17-18,20-21,23-25H2,1-3H3,(H,51,56)/t31-,33-,34-,35-/m1/s1. The van der Waals surface area contributed by atoms with Crippen LogP contribution in [-0.2, 0) is 44.2 Å². The van der Waals surface area contributed by atoms with E-state index in [1.165, 1.54) is 19.2 Å². The molecule has 17 heteroatoms. The second kappa shape index (κ2) is 16.6. The molecule has 0 radical (unpaired) electrons. The van der Waals surface area contributed by atoms with Crippen molar-refractivity contribution in [2.24, 2.45) is 18.9 Å². The lowest BCUT2D eigenvalue weighted by Gasteiger charge is -2.44. The van der Waals surface area contributed by atoms with Gasteiger partial charge in [0.25, 0.3) is 15.9 Å². The number of likely N-dealkylation sites (tertiary alicyclic amines) is 1. The van der Waals surface area contributed by atoms with Gasteiger partial charge in [0.05, 0.1) is 39.4 Å². The number of nitrogens with one attached hydrogen (secondary N) is 1. The molecule has 1 aliphatic heterocycles. The van der Waals surface area contributed by atoms with E-state index in [2.05, 4.69) is 10.3 Å². The van der Waals surface area contributed by atoms with Crippen LogP contribution in [0.2, 0.25) is 0 Å². The number of esters is 1. The molecule has 1 N–H and O–H groups in total. The van der Waals surface area contributed by atoms with Gasteiger partial charge in [0.1, 0.15) is 18.2 Å². The number of amides is 1. The van der Waals surface area contributed by atoms with Crippen LogP contribution in [0.4, 0.5) is 37.7 Å². The molecule has 2 fully saturated rings. The Kier molecular flexibility index (Phi) is 11.8. The fraction of sp³-hybridized carbons (Fsp3) is 0.372. The number of halogens is 6. The topological polar surface area (TPSA) is 114 Å². The van der Waals surface area contributed by atoms with E-state index in [4.69, 9.17) is 4.74 Å². The molecule has 1 amide bonds. The molecule has 10 nitrogen and oxygen atoms in total. The van der Waals surface area contributed by atoms with Crippen LogP contribution in [0.25, 0.3) is 11.0 Å².